The minimum absolute atomic E-state index is 0.00899. The van der Waals surface area contributed by atoms with Crippen LogP contribution in [-0.4, -0.2) is 35.6 Å². The van der Waals surface area contributed by atoms with E-state index in [0.717, 1.165) is 40.5 Å². The van der Waals surface area contributed by atoms with Crippen LogP contribution >= 0.6 is 0 Å². The molecule has 1 aliphatic heterocycles. The standard InChI is InChI=1S/C24H22N4O3/c1-14-13-30-20-8-4-15(9-21(20)31-14)3-5-17-11-27-23(25-2)19-12-26-22(10-18(17)19)28-24(29)16-6-7-16/h4,8-12,14,16H,6-7,13H2,1-2H3,(H,25,27)(H,26,28,29). The highest BCUT2D eigenvalue weighted by molar-refractivity contribution is 5.99. The molecular formula is C24H22N4O3. The number of nitrogens with zero attached hydrogens (tertiary/aromatic N) is 2. The lowest BCUT2D eigenvalue weighted by molar-refractivity contribution is -0.117. The van der Waals surface area contributed by atoms with Gasteiger partial charge in [0.15, 0.2) is 11.5 Å². The summed E-state index contributed by atoms with van der Waals surface area (Å²) >= 11 is 0. The summed E-state index contributed by atoms with van der Waals surface area (Å²) in [6.07, 6.45) is 5.34. The number of nitrogens with one attached hydrogen (secondary N) is 2. The van der Waals surface area contributed by atoms with Crippen molar-refractivity contribution in [2.75, 3.05) is 24.3 Å². The topological polar surface area (TPSA) is 85.4 Å². The first kappa shape index (κ1) is 19.2. The van der Waals surface area contributed by atoms with Gasteiger partial charge >= 0.3 is 0 Å². The van der Waals surface area contributed by atoms with Gasteiger partial charge in [0.1, 0.15) is 24.3 Å². The summed E-state index contributed by atoms with van der Waals surface area (Å²) in [6.45, 7) is 2.51. The predicted octanol–water partition coefficient (Wildman–Crippen LogP) is 3.58. The molecule has 1 aliphatic carbocycles. The fourth-order valence-corrected chi connectivity index (χ4v) is 3.47. The van der Waals surface area contributed by atoms with Crippen molar-refractivity contribution in [2.24, 2.45) is 5.92 Å². The molecule has 2 N–H and O–H groups in total. The largest absolute Gasteiger partial charge is 0.486 e. The van der Waals surface area contributed by atoms with Crippen LogP contribution in [0.3, 0.4) is 0 Å². The van der Waals surface area contributed by atoms with Crippen LogP contribution in [0.5, 0.6) is 11.5 Å². The average Bonchev–Trinajstić information content (AvgIpc) is 3.62. The number of carbonyl (C=O) groups excluding carboxylic acids is 1. The first-order valence-corrected chi connectivity index (χ1v) is 10.3. The van der Waals surface area contributed by atoms with Crippen LogP contribution < -0.4 is 20.1 Å². The summed E-state index contributed by atoms with van der Waals surface area (Å²) in [5, 5.41) is 7.70. The van der Waals surface area contributed by atoms with Gasteiger partial charge in [0.05, 0.1) is 5.56 Å². The number of hydrogen-bond donors (Lipinski definition) is 2. The summed E-state index contributed by atoms with van der Waals surface area (Å²) in [7, 11) is 1.81. The molecule has 0 saturated heterocycles. The van der Waals surface area contributed by atoms with Crippen molar-refractivity contribution in [1.29, 1.82) is 0 Å². The van der Waals surface area contributed by atoms with Crippen LogP contribution in [0.4, 0.5) is 11.6 Å². The van der Waals surface area contributed by atoms with E-state index in [0.29, 0.717) is 24.0 Å². The molecule has 1 aromatic carbocycles. The minimum Gasteiger partial charge on any atom is -0.486 e. The van der Waals surface area contributed by atoms with Crippen molar-refractivity contribution in [3.63, 3.8) is 0 Å². The Morgan fingerprint density at radius 2 is 1.97 bits per heavy atom. The van der Waals surface area contributed by atoms with Gasteiger partial charge in [0.25, 0.3) is 0 Å². The van der Waals surface area contributed by atoms with Gasteiger partial charge < -0.3 is 20.1 Å². The Morgan fingerprint density at radius 1 is 1.10 bits per heavy atom. The van der Waals surface area contributed by atoms with Crippen LogP contribution in [0, 0.1) is 17.8 Å². The molecule has 3 heterocycles. The molecule has 31 heavy (non-hydrogen) atoms. The number of rotatable bonds is 3. The van der Waals surface area contributed by atoms with E-state index < -0.39 is 0 Å². The molecule has 0 radical (unpaired) electrons. The maximum atomic E-state index is 12.1. The molecule has 7 heteroatoms. The second-order valence-electron chi connectivity index (χ2n) is 7.80. The fourth-order valence-electron chi connectivity index (χ4n) is 3.47. The van der Waals surface area contributed by atoms with E-state index in [1.165, 1.54) is 0 Å². The third kappa shape index (κ3) is 3.97. The van der Waals surface area contributed by atoms with Gasteiger partial charge in [-0.25, -0.2) is 9.97 Å². The van der Waals surface area contributed by atoms with E-state index in [2.05, 4.69) is 32.4 Å². The summed E-state index contributed by atoms with van der Waals surface area (Å²) in [5.74, 6) is 9.20. The number of benzene rings is 1. The molecule has 2 aliphatic rings. The number of amides is 1. The second kappa shape index (κ2) is 7.80. The van der Waals surface area contributed by atoms with Gasteiger partial charge in [-0.05, 0) is 44.0 Å². The second-order valence-corrected chi connectivity index (χ2v) is 7.80. The van der Waals surface area contributed by atoms with Gasteiger partial charge in [-0.15, -0.1) is 0 Å². The Bertz CT molecular complexity index is 1240. The van der Waals surface area contributed by atoms with E-state index >= 15 is 0 Å². The normalized spacial score (nSPS) is 16.9. The lowest BCUT2D eigenvalue weighted by atomic mass is 10.1. The molecule has 5 rings (SSSR count). The van der Waals surface area contributed by atoms with E-state index in [9.17, 15) is 4.79 Å². The zero-order valence-electron chi connectivity index (χ0n) is 17.4. The van der Waals surface area contributed by atoms with Crippen LogP contribution in [0.25, 0.3) is 10.8 Å². The molecule has 2 aromatic heterocycles. The Balaban J connectivity index is 1.51. The molecule has 1 fully saturated rings. The van der Waals surface area contributed by atoms with Crippen LogP contribution in [0.2, 0.25) is 0 Å². The predicted molar refractivity (Wildman–Crippen MR) is 118 cm³/mol. The van der Waals surface area contributed by atoms with Crippen molar-refractivity contribution in [2.45, 2.75) is 25.9 Å². The maximum Gasteiger partial charge on any atom is 0.228 e. The monoisotopic (exact) mass is 414 g/mol. The first-order valence-electron chi connectivity index (χ1n) is 10.3. The van der Waals surface area contributed by atoms with Gasteiger partial charge in [0.2, 0.25) is 5.91 Å². The molecule has 1 unspecified atom stereocenters. The number of pyridine rings is 2. The molecule has 0 spiro atoms. The van der Waals surface area contributed by atoms with Crippen molar-refractivity contribution >= 4 is 28.3 Å². The summed E-state index contributed by atoms with van der Waals surface area (Å²) < 4.78 is 11.5. The summed E-state index contributed by atoms with van der Waals surface area (Å²) in [6, 6.07) is 7.53. The number of anilines is 2. The fraction of sp³-hybridized carbons (Fsp3) is 0.292. The third-order valence-electron chi connectivity index (χ3n) is 5.30. The zero-order valence-corrected chi connectivity index (χ0v) is 17.4. The summed E-state index contributed by atoms with van der Waals surface area (Å²) in [5.41, 5.74) is 1.57. The first-order chi connectivity index (χ1) is 15.1. The van der Waals surface area contributed by atoms with Gasteiger partial charge in [-0.3, -0.25) is 4.79 Å². The highest BCUT2D eigenvalue weighted by Gasteiger charge is 2.29. The molecule has 0 bridgehead atoms. The minimum atomic E-state index is 0.00899. The molecule has 156 valence electrons. The van der Waals surface area contributed by atoms with Crippen LogP contribution in [0.15, 0.2) is 36.7 Å². The molecular weight excluding hydrogens is 392 g/mol. The average molecular weight is 414 g/mol. The number of aromatic nitrogens is 2. The Kier molecular flexibility index (Phi) is 4.83. The van der Waals surface area contributed by atoms with Crippen molar-refractivity contribution in [3.8, 4) is 23.3 Å². The van der Waals surface area contributed by atoms with E-state index in [1.807, 2.05) is 38.2 Å². The van der Waals surface area contributed by atoms with Gasteiger partial charge in [0, 0.05) is 41.7 Å². The SMILES string of the molecule is CNc1ncc(C#Cc2ccc3c(c2)OC(C)CO3)c2cc(NC(=O)C3CC3)ncc12. The van der Waals surface area contributed by atoms with Crippen LogP contribution in [-0.2, 0) is 4.79 Å². The van der Waals surface area contributed by atoms with E-state index in [-0.39, 0.29) is 17.9 Å². The lowest BCUT2D eigenvalue weighted by Gasteiger charge is -2.23. The number of carbonyl (C=O) groups is 1. The number of ether oxygens (including phenoxy) is 2. The zero-order chi connectivity index (χ0) is 21.4. The number of fused-ring (bicyclic) bond motifs is 2. The number of hydrogen-bond acceptors (Lipinski definition) is 6. The molecule has 1 amide bonds. The quantitative estimate of drug-likeness (QED) is 0.638. The molecule has 1 saturated carbocycles. The van der Waals surface area contributed by atoms with E-state index in [4.69, 9.17) is 9.47 Å². The lowest BCUT2D eigenvalue weighted by Crippen LogP contribution is -2.25. The Morgan fingerprint density at radius 3 is 2.77 bits per heavy atom. The molecule has 3 aromatic rings. The van der Waals surface area contributed by atoms with Gasteiger partial charge in [-0.2, -0.15) is 0 Å². The molecule has 1 atom stereocenters. The molecule has 7 nitrogen and oxygen atoms in total. The van der Waals surface area contributed by atoms with Crippen LogP contribution in [0.1, 0.15) is 30.9 Å². The summed E-state index contributed by atoms with van der Waals surface area (Å²) in [4.78, 5) is 21.0. The Labute approximate surface area is 180 Å². The third-order valence-corrected chi connectivity index (χ3v) is 5.30. The van der Waals surface area contributed by atoms with Crippen molar-refractivity contribution < 1.29 is 14.3 Å². The smallest absolute Gasteiger partial charge is 0.228 e. The highest BCUT2D eigenvalue weighted by Crippen LogP contribution is 2.33. The highest BCUT2D eigenvalue weighted by atomic mass is 16.6. The van der Waals surface area contributed by atoms with Crippen molar-refractivity contribution in [1.82, 2.24) is 9.97 Å². The maximum absolute atomic E-state index is 12.1. The Hall–Kier alpha value is -3.79. The van der Waals surface area contributed by atoms with Gasteiger partial charge in [-0.1, -0.05) is 11.8 Å². The van der Waals surface area contributed by atoms with E-state index in [1.54, 1.807) is 12.4 Å². The van der Waals surface area contributed by atoms with Crippen molar-refractivity contribution in [3.05, 3.63) is 47.8 Å².